The molecule has 0 aliphatic carbocycles. The maximum Gasteiger partial charge on any atom is 0.248 e. The van der Waals surface area contributed by atoms with Gasteiger partial charge in [-0.05, 0) is 12.1 Å². The third-order valence-electron chi connectivity index (χ3n) is 2.81. The van der Waals surface area contributed by atoms with Crippen molar-refractivity contribution < 1.29 is 19.5 Å². The normalized spacial score (nSPS) is 19.1. The van der Waals surface area contributed by atoms with Crippen LogP contribution in [-0.2, 0) is 14.4 Å². The zero-order valence-corrected chi connectivity index (χ0v) is 11.6. The van der Waals surface area contributed by atoms with Crippen LogP contribution in [0.4, 0.5) is 0 Å². The minimum absolute atomic E-state index is 0.177. The molecule has 0 radical (unpaired) electrons. The lowest BCUT2D eigenvalue weighted by molar-refractivity contribution is -0.308. The van der Waals surface area contributed by atoms with Crippen molar-refractivity contribution in [3.05, 3.63) is 30.3 Å². The molecule has 0 aromatic heterocycles. The van der Waals surface area contributed by atoms with Gasteiger partial charge in [0.15, 0.2) is 0 Å². The highest BCUT2D eigenvalue weighted by Gasteiger charge is 2.42. The Morgan fingerprint density at radius 3 is 2.55 bits per heavy atom. The molecule has 0 saturated carbocycles. The van der Waals surface area contributed by atoms with Gasteiger partial charge in [-0.2, -0.15) is 0 Å². The molecule has 0 spiro atoms. The number of benzene rings is 1. The SMILES string of the molecule is CC(=O)N[C@H]1CN(C(Sc2ccccc2)C(=O)[O-])C1=O. The first kappa shape index (κ1) is 14.4. The number of likely N-dealkylation sites (tertiary alicyclic amines) is 1. The lowest BCUT2D eigenvalue weighted by Gasteiger charge is -2.43. The lowest BCUT2D eigenvalue weighted by Crippen LogP contribution is -2.68. The summed E-state index contributed by atoms with van der Waals surface area (Å²) >= 11 is 1.04. The van der Waals surface area contributed by atoms with Gasteiger partial charge >= 0.3 is 0 Å². The number of rotatable bonds is 5. The quantitative estimate of drug-likeness (QED) is 0.567. The zero-order valence-electron chi connectivity index (χ0n) is 10.7. The van der Waals surface area contributed by atoms with E-state index in [2.05, 4.69) is 5.32 Å². The molecule has 2 atom stereocenters. The summed E-state index contributed by atoms with van der Waals surface area (Å²) < 4.78 is 0. The van der Waals surface area contributed by atoms with Crippen molar-refractivity contribution in [3.8, 4) is 0 Å². The van der Waals surface area contributed by atoms with Crippen molar-refractivity contribution in [3.63, 3.8) is 0 Å². The van der Waals surface area contributed by atoms with Crippen LogP contribution in [0, 0.1) is 0 Å². The molecule has 1 unspecified atom stereocenters. The van der Waals surface area contributed by atoms with Crippen LogP contribution in [0.5, 0.6) is 0 Å². The summed E-state index contributed by atoms with van der Waals surface area (Å²) in [6.07, 6.45) is 0. The topological polar surface area (TPSA) is 89.5 Å². The number of carboxylic acids is 1. The molecule has 1 saturated heterocycles. The molecule has 2 amide bonds. The largest absolute Gasteiger partial charge is 0.547 e. The molecule has 7 heteroatoms. The maximum atomic E-state index is 11.8. The number of amides is 2. The number of thioether (sulfide) groups is 1. The second-order valence-corrected chi connectivity index (χ2v) is 5.50. The molecule has 106 valence electrons. The van der Waals surface area contributed by atoms with Gasteiger partial charge in [-0.25, -0.2) is 0 Å². The Labute approximate surface area is 120 Å². The van der Waals surface area contributed by atoms with Gasteiger partial charge < -0.3 is 20.1 Å². The van der Waals surface area contributed by atoms with E-state index in [-0.39, 0.29) is 12.5 Å². The van der Waals surface area contributed by atoms with Gasteiger partial charge in [0.1, 0.15) is 11.4 Å². The van der Waals surface area contributed by atoms with E-state index in [1.165, 1.54) is 11.8 Å². The molecule has 1 aromatic carbocycles. The van der Waals surface area contributed by atoms with E-state index in [0.29, 0.717) is 0 Å². The Hall–Kier alpha value is -2.02. The minimum atomic E-state index is -1.33. The molecule has 6 nitrogen and oxygen atoms in total. The second kappa shape index (κ2) is 5.96. The van der Waals surface area contributed by atoms with E-state index < -0.39 is 23.3 Å². The average molecular weight is 293 g/mol. The van der Waals surface area contributed by atoms with Crippen molar-refractivity contribution in [2.24, 2.45) is 0 Å². The molecule has 0 bridgehead atoms. The van der Waals surface area contributed by atoms with Crippen LogP contribution in [0.2, 0.25) is 0 Å². The van der Waals surface area contributed by atoms with Crippen molar-refractivity contribution in [1.29, 1.82) is 0 Å². The highest BCUT2D eigenvalue weighted by Crippen LogP contribution is 2.29. The van der Waals surface area contributed by atoms with Crippen molar-refractivity contribution >= 4 is 29.5 Å². The second-order valence-electron chi connectivity index (χ2n) is 4.35. The molecule has 1 heterocycles. The minimum Gasteiger partial charge on any atom is -0.547 e. The fourth-order valence-corrected chi connectivity index (χ4v) is 2.87. The van der Waals surface area contributed by atoms with Crippen LogP contribution in [-0.4, -0.2) is 40.6 Å². The van der Waals surface area contributed by atoms with Gasteiger partial charge in [-0.3, -0.25) is 9.59 Å². The van der Waals surface area contributed by atoms with Crippen LogP contribution < -0.4 is 10.4 Å². The van der Waals surface area contributed by atoms with E-state index in [9.17, 15) is 19.5 Å². The first-order chi connectivity index (χ1) is 9.49. The predicted molar refractivity (Wildman–Crippen MR) is 70.4 cm³/mol. The summed E-state index contributed by atoms with van der Waals surface area (Å²) in [6.45, 7) is 1.49. The summed E-state index contributed by atoms with van der Waals surface area (Å²) in [4.78, 5) is 35.8. The van der Waals surface area contributed by atoms with Gasteiger partial charge in [-0.15, -0.1) is 0 Å². The summed E-state index contributed by atoms with van der Waals surface area (Å²) in [5.74, 6) is -2.05. The lowest BCUT2D eigenvalue weighted by atomic mass is 10.1. The van der Waals surface area contributed by atoms with Crippen LogP contribution >= 0.6 is 11.8 Å². The Balaban J connectivity index is 2.03. The van der Waals surface area contributed by atoms with Gasteiger partial charge in [0.2, 0.25) is 11.8 Å². The van der Waals surface area contributed by atoms with E-state index in [0.717, 1.165) is 16.7 Å². The zero-order chi connectivity index (χ0) is 14.7. The Bertz CT molecular complexity index is 534. The molecule has 1 aliphatic heterocycles. The van der Waals surface area contributed by atoms with E-state index >= 15 is 0 Å². The number of hydrogen-bond acceptors (Lipinski definition) is 5. The van der Waals surface area contributed by atoms with Crippen LogP contribution in [0.25, 0.3) is 0 Å². The van der Waals surface area contributed by atoms with Crippen molar-refractivity contribution in [2.75, 3.05) is 6.54 Å². The molecular weight excluding hydrogens is 280 g/mol. The highest BCUT2D eigenvalue weighted by atomic mass is 32.2. The number of aliphatic carboxylic acids is 1. The molecule has 1 fully saturated rings. The van der Waals surface area contributed by atoms with Gasteiger partial charge in [0.25, 0.3) is 0 Å². The van der Waals surface area contributed by atoms with Gasteiger partial charge in [-0.1, -0.05) is 30.0 Å². The highest BCUT2D eigenvalue weighted by molar-refractivity contribution is 8.00. The molecule has 20 heavy (non-hydrogen) atoms. The number of carboxylic acid groups (broad SMARTS) is 1. The number of carbonyl (C=O) groups excluding carboxylic acids is 3. The van der Waals surface area contributed by atoms with Gasteiger partial charge in [0.05, 0.1) is 12.5 Å². The van der Waals surface area contributed by atoms with Crippen molar-refractivity contribution in [1.82, 2.24) is 10.2 Å². The van der Waals surface area contributed by atoms with Crippen LogP contribution in [0.1, 0.15) is 6.92 Å². The maximum absolute atomic E-state index is 11.8. The van der Waals surface area contributed by atoms with E-state index in [1.807, 2.05) is 6.07 Å². The predicted octanol–water partition coefficient (Wildman–Crippen LogP) is -0.798. The number of nitrogens with one attached hydrogen (secondary N) is 1. The fraction of sp³-hybridized carbons (Fsp3) is 0.308. The fourth-order valence-electron chi connectivity index (χ4n) is 1.88. The third kappa shape index (κ3) is 3.11. The number of carbonyl (C=O) groups is 3. The smallest absolute Gasteiger partial charge is 0.248 e. The Morgan fingerprint density at radius 2 is 2.05 bits per heavy atom. The number of β-lactam (4-membered cyclic amide) rings is 1. The molecule has 1 aromatic rings. The average Bonchev–Trinajstić information content (AvgIpc) is 2.41. The number of nitrogens with zero attached hydrogens (tertiary/aromatic N) is 1. The third-order valence-corrected chi connectivity index (χ3v) is 4.03. The van der Waals surface area contributed by atoms with E-state index in [4.69, 9.17) is 0 Å². The summed E-state index contributed by atoms with van der Waals surface area (Å²) in [6, 6.07) is 8.27. The molecular formula is C13H13N2O4S-. The van der Waals surface area contributed by atoms with E-state index in [1.54, 1.807) is 24.3 Å². The summed E-state index contributed by atoms with van der Waals surface area (Å²) in [7, 11) is 0. The van der Waals surface area contributed by atoms with Crippen LogP contribution in [0.15, 0.2) is 35.2 Å². The monoisotopic (exact) mass is 293 g/mol. The Kier molecular flexibility index (Phi) is 4.29. The summed E-state index contributed by atoms with van der Waals surface area (Å²) in [5, 5.41) is 12.6. The molecule has 1 N–H and O–H groups in total. The first-order valence-corrected chi connectivity index (χ1v) is 6.87. The van der Waals surface area contributed by atoms with Gasteiger partial charge in [0, 0.05) is 11.8 Å². The van der Waals surface area contributed by atoms with Crippen LogP contribution in [0.3, 0.4) is 0 Å². The first-order valence-electron chi connectivity index (χ1n) is 5.99. The molecule has 1 aliphatic rings. The van der Waals surface area contributed by atoms with Crippen molar-refractivity contribution in [2.45, 2.75) is 23.2 Å². The summed E-state index contributed by atoms with van der Waals surface area (Å²) in [5.41, 5.74) is 0. The Morgan fingerprint density at radius 1 is 1.40 bits per heavy atom. The number of hydrogen-bond donors (Lipinski definition) is 1. The standard InChI is InChI=1S/C13H14N2O4S/c1-8(16)14-10-7-15(11(10)17)12(13(18)19)20-9-5-3-2-4-6-9/h2-6,10,12H,7H2,1H3,(H,14,16)(H,18,19)/p-1/t10-,12?/m0/s1. The molecule has 2 rings (SSSR count).